The molecule has 6 nitrogen and oxygen atoms in total. The smallest absolute Gasteiger partial charge is 0.269 e. The van der Waals surface area contributed by atoms with E-state index >= 15 is 0 Å². The van der Waals surface area contributed by atoms with Crippen LogP contribution in [0.2, 0.25) is 0 Å². The fraction of sp³-hybridized carbons (Fsp3) is 0.647. The van der Waals surface area contributed by atoms with Gasteiger partial charge in [0.1, 0.15) is 0 Å². The number of nitro benzene ring substituents is 1. The minimum Gasteiger partial charge on any atom is -0.369 e. The molecule has 0 amide bonds. The highest BCUT2D eigenvalue weighted by Gasteiger charge is 2.38. The van der Waals surface area contributed by atoms with Crippen molar-refractivity contribution in [2.45, 2.75) is 18.9 Å². The molecule has 5 rings (SSSR count). The highest BCUT2D eigenvalue weighted by Crippen LogP contribution is 2.32. The normalized spacial score (nSPS) is 31.3. The van der Waals surface area contributed by atoms with Crippen molar-refractivity contribution in [3.63, 3.8) is 0 Å². The lowest BCUT2D eigenvalue weighted by Crippen LogP contribution is -2.61. The summed E-state index contributed by atoms with van der Waals surface area (Å²) in [7, 11) is 0. The van der Waals surface area contributed by atoms with E-state index in [1.54, 1.807) is 12.1 Å². The van der Waals surface area contributed by atoms with Gasteiger partial charge in [-0.1, -0.05) is 0 Å². The number of rotatable bonds is 3. The van der Waals surface area contributed by atoms with Crippen LogP contribution in [0.3, 0.4) is 0 Å². The Bertz CT molecular complexity index is 560. The second-order valence-corrected chi connectivity index (χ2v) is 7.00. The second-order valence-electron chi connectivity index (χ2n) is 7.00. The van der Waals surface area contributed by atoms with Crippen LogP contribution in [0.1, 0.15) is 12.8 Å². The van der Waals surface area contributed by atoms with Gasteiger partial charge in [0.15, 0.2) is 0 Å². The molecule has 23 heavy (non-hydrogen) atoms. The van der Waals surface area contributed by atoms with Gasteiger partial charge in [0.05, 0.1) is 4.92 Å². The fourth-order valence-corrected chi connectivity index (χ4v) is 4.44. The monoisotopic (exact) mass is 316 g/mol. The van der Waals surface area contributed by atoms with E-state index in [0.717, 1.165) is 43.8 Å². The van der Waals surface area contributed by atoms with Crippen LogP contribution in [0.5, 0.6) is 0 Å². The summed E-state index contributed by atoms with van der Waals surface area (Å²) in [5.41, 5.74) is 1.27. The molecular weight excluding hydrogens is 292 g/mol. The fourth-order valence-electron chi connectivity index (χ4n) is 4.44. The van der Waals surface area contributed by atoms with Crippen molar-refractivity contribution in [1.82, 2.24) is 9.80 Å². The molecule has 124 valence electrons. The number of hydrogen-bond donors (Lipinski definition) is 0. The molecule has 1 aromatic rings. The molecule has 4 saturated heterocycles. The van der Waals surface area contributed by atoms with E-state index in [9.17, 15) is 10.1 Å². The minimum atomic E-state index is -0.338. The highest BCUT2D eigenvalue weighted by atomic mass is 16.6. The number of piperidine rings is 3. The van der Waals surface area contributed by atoms with E-state index < -0.39 is 0 Å². The molecule has 1 atom stereocenters. The number of non-ortho nitro benzene ring substituents is 1. The molecule has 4 fully saturated rings. The quantitative estimate of drug-likeness (QED) is 0.629. The van der Waals surface area contributed by atoms with Gasteiger partial charge in [-0.25, -0.2) is 0 Å². The lowest BCUT2D eigenvalue weighted by molar-refractivity contribution is -0.384. The molecule has 0 N–H and O–H groups in total. The molecule has 2 bridgehead atoms. The Morgan fingerprint density at radius 3 is 2.13 bits per heavy atom. The summed E-state index contributed by atoms with van der Waals surface area (Å²) < 4.78 is 0. The maximum absolute atomic E-state index is 10.8. The highest BCUT2D eigenvalue weighted by molar-refractivity contribution is 5.51. The Labute approximate surface area is 136 Å². The zero-order valence-corrected chi connectivity index (χ0v) is 13.4. The summed E-state index contributed by atoms with van der Waals surface area (Å²) in [5, 5.41) is 10.8. The van der Waals surface area contributed by atoms with Gasteiger partial charge < -0.3 is 9.80 Å². The van der Waals surface area contributed by atoms with Crippen molar-refractivity contribution >= 4 is 11.4 Å². The van der Waals surface area contributed by atoms with Crippen molar-refractivity contribution < 1.29 is 4.92 Å². The number of anilines is 1. The van der Waals surface area contributed by atoms with Gasteiger partial charge in [-0.3, -0.25) is 15.0 Å². The van der Waals surface area contributed by atoms with Gasteiger partial charge in [0.25, 0.3) is 5.69 Å². The van der Waals surface area contributed by atoms with Crippen LogP contribution in [0, 0.1) is 16.0 Å². The Morgan fingerprint density at radius 2 is 1.61 bits per heavy atom. The van der Waals surface area contributed by atoms with Crippen molar-refractivity contribution in [3.05, 3.63) is 34.4 Å². The first-order valence-electron chi connectivity index (χ1n) is 8.66. The lowest BCUT2D eigenvalue weighted by atomic mass is 9.83. The Balaban J connectivity index is 1.36. The Hall–Kier alpha value is -1.66. The number of nitro groups is 1. The molecule has 4 aliphatic heterocycles. The third-order valence-electron chi connectivity index (χ3n) is 5.83. The first kappa shape index (κ1) is 14.9. The molecule has 0 aliphatic carbocycles. The molecule has 0 saturated carbocycles. The summed E-state index contributed by atoms with van der Waals surface area (Å²) in [6.07, 6.45) is 2.74. The first-order valence-corrected chi connectivity index (χ1v) is 8.66. The third-order valence-corrected chi connectivity index (χ3v) is 5.83. The second kappa shape index (κ2) is 6.09. The number of benzene rings is 1. The third kappa shape index (κ3) is 2.93. The summed E-state index contributed by atoms with van der Waals surface area (Å²) in [4.78, 5) is 18.1. The molecule has 4 aliphatic rings. The lowest BCUT2D eigenvalue weighted by Gasteiger charge is -2.51. The van der Waals surface area contributed by atoms with Crippen LogP contribution in [-0.4, -0.2) is 66.6 Å². The van der Waals surface area contributed by atoms with Gasteiger partial charge >= 0.3 is 0 Å². The average molecular weight is 316 g/mol. The summed E-state index contributed by atoms with van der Waals surface area (Å²) in [5.74, 6) is 0.894. The van der Waals surface area contributed by atoms with Crippen molar-refractivity contribution in [1.29, 1.82) is 0 Å². The van der Waals surface area contributed by atoms with Crippen molar-refractivity contribution in [3.8, 4) is 0 Å². The van der Waals surface area contributed by atoms with Gasteiger partial charge in [0.2, 0.25) is 0 Å². The molecule has 1 unspecified atom stereocenters. The summed E-state index contributed by atoms with van der Waals surface area (Å²) in [6, 6.07) is 7.71. The number of piperazine rings is 1. The minimum absolute atomic E-state index is 0.166. The van der Waals surface area contributed by atoms with E-state index in [0.29, 0.717) is 0 Å². The van der Waals surface area contributed by atoms with Crippen LogP contribution in [0.25, 0.3) is 0 Å². The van der Waals surface area contributed by atoms with E-state index in [1.807, 2.05) is 12.1 Å². The molecule has 0 spiro atoms. The van der Waals surface area contributed by atoms with Crippen molar-refractivity contribution in [2.75, 3.05) is 50.7 Å². The van der Waals surface area contributed by atoms with Crippen LogP contribution in [0.15, 0.2) is 24.3 Å². The Morgan fingerprint density at radius 1 is 0.957 bits per heavy atom. The number of hydrogen-bond acceptors (Lipinski definition) is 5. The Kier molecular flexibility index (Phi) is 3.95. The zero-order valence-electron chi connectivity index (χ0n) is 13.4. The first-order chi connectivity index (χ1) is 11.2. The molecule has 0 radical (unpaired) electrons. The maximum atomic E-state index is 10.8. The molecule has 4 heterocycles. The zero-order chi connectivity index (χ0) is 15.8. The van der Waals surface area contributed by atoms with Crippen LogP contribution >= 0.6 is 0 Å². The van der Waals surface area contributed by atoms with Crippen LogP contribution < -0.4 is 4.90 Å². The van der Waals surface area contributed by atoms with E-state index in [2.05, 4.69) is 14.7 Å². The molecule has 1 aromatic carbocycles. The largest absolute Gasteiger partial charge is 0.369 e. The molecular formula is C17H24N4O2. The molecule has 6 heteroatoms. The number of nitrogens with zero attached hydrogens (tertiary/aromatic N) is 4. The van der Waals surface area contributed by atoms with E-state index in [4.69, 9.17) is 0 Å². The summed E-state index contributed by atoms with van der Waals surface area (Å²) in [6.45, 7) is 8.08. The summed E-state index contributed by atoms with van der Waals surface area (Å²) >= 11 is 0. The predicted octanol–water partition coefficient (Wildman–Crippen LogP) is 1.81. The van der Waals surface area contributed by atoms with Gasteiger partial charge in [-0.05, 0) is 44.0 Å². The van der Waals surface area contributed by atoms with Crippen molar-refractivity contribution in [2.24, 2.45) is 5.92 Å². The van der Waals surface area contributed by atoms with Gasteiger partial charge in [-0.2, -0.15) is 0 Å². The average Bonchev–Trinajstić information content (AvgIpc) is 2.63. The van der Waals surface area contributed by atoms with Gasteiger partial charge in [-0.15, -0.1) is 0 Å². The maximum Gasteiger partial charge on any atom is 0.269 e. The van der Waals surface area contributed by atoms with E-state index in [1.165, 1.54) is 32.5 Å². The van der Waals surface area contributed by atoms with Crippen LogP contribution in [-0.2, 0) is 0 Å². The topological polar surface area (TPSA) is 52.9 Å². The van der Waals surface area contributed by atoms with Crippen LogP contribution in [0.4, 0.5) is 11.4 Å². The standard InChI is InChI=1S/C17H24N4O2/c22-21(23)16-3-1-15(2-4-16)19-9-11-20(12-10-19)17-13-18-7-5-14(17)6-8-18/h1-4,14,17H,5-13H2. The predicted molar refractivity (Wildman–Crippen MR) is 89.8 cm³/mol. The number of fused-ring (bicyclic) bond motifs is 3. The van der Waals surface area contributed by atoms with E-state index in [-0.39, 0.29) is 10.6 Å². The SMILES string of the molecule is O=[N+]([O-])c1ccc(N2CCN(C3CN4CCC3CC4)CC2)cc1. The van der Waals surface area contributed by atoms with Gasteiger partial charge in [0, 0.05) is 56.6 Å². The molecule has 0 aromatic heterocycles.